The molecule has 7 heteroatoms. The van der Waals surface area contributed by atoms with Gasteiger partial charge in [0, 0.05) is 13.0 Å². The Bertz CT molecular complexity index is 582. The lowest BCUT2D eigenvalue weighted by Crippen LogP contribution is -2.17. The molecule has 1 aromatic carbocycles. The molecule has 1 N–H and O–H groups in total. The van der Waals surface area contributed by atoms with E-state index in [2.05, 4.69) is 15.0 Å². The summed E-state index contributed by atoms with van der Waals surface area (Å²) in [5, 5.41) is 3.05. The Labute approximate surface area is 119 Å². The number of oxazole rings is 1. The summed E-state index contributed by atoms with van der Waals surface area (Å²) in [6.45, 7) is 2.76. The van der Waals surface area contributed by atoms with Crippen LogP contribution in [0.2, 0.25) is 0 Å². The lowest BCUT2D eigenvalue weighted by Gasteiger charge is -2.10. The standard InChI is InChI=1S/C14H15F3N2O2/c1-2-11-8-19-13(20-11)9-18-7-10-4-3-5-12(6-10)21-14(15,16)17/h3-6,8,18H,2,7,9H2,1H3. The SMILES string of the molecule is CCc1cnc(CNCc2cccc(OC(F)(F)F)c2)o1. The van der Waals surface area contributed by atoms with Crippen molar-refractivity contribution in [2.75, 3.05) is 0 Å². The van der Waals surface area contributed by atoms with E-state index in [9.17, 15) is 13.2 Å². The third kappa shape index (κ3) is 5.11. The van der Waals surface area contributed by atoms with E-state index in [0.29, 0.717) is 24.5 Å². The first kappa shape index (κ1) is 15.4. The topological polar surface area (TPSA) is 47.3 Å². The van der Waals surface area contributed by atoms with Crippen LogP contribution in [0.5, 0.6) is 5.75 Å². The molecule has 0 atom stereocenters. The highest BCUT2D eigenvalue weighted by atomic mass is 19.4. The molecule has 114 valence electrons. The van der Waals surface area contributed by atoms with Gasteiger partial charge in [-0.05, 0) is 17.7 Å². The van der Waals surface area contributed by atoms with Gasteiger partial charge >= 0.3 is 6.36 Å². The fraction of sp³-hybridized carbons (Fsp3) is 0.357. The monoisotopic (exact) mass is 300 g/mol. The van der Waals surface area contributed by atoms with Crippen molar-refractivity contribution in [2.24, 2.45) is 0 Å². The Morgan fingerprint density at radius 2 is 2.10 bits per heavy atom. The fourth-order valence-electron chi connectivity index (χ4n) is 1.76. The van der Waals surface area contributed by atoms with Crippen molar-refractivity contribution < 1.29 is 22.3 Å². The van der Waals surface area contributed by atoms with Gasteiger partial charge in [0.1, 0.15) is 11.5 Å². The van der Waals surface area contributed by atoms with Gasteiger partial charge in [-0.2, -0.15) is 0 Å². The highest BCUT2D eigenvalue weighted by Crippen LogP contribution is 2.23. The Kier molecular flexibility index (Phi) is 4.85. The van der Waals surface area contributed by atoms with E-state index < -0.39 is 6.36 Å². The number of nitrogens with zero attached hydrogens (tertiary/aromatic N) is 1. The fourth-order valence-corrected chi connectivity index (χ4v) is 1.76. The van der Waals surface area contributed by atoms with Crippen LogP contribution in [0.1, 0.15) is 24.1 Å². The van der Waals surface area contributed by atoms with Crippen LogP contribution in [0.4, 0.5) is 13.2 Å². The minimum absolute atomic E-state index is 0.230. The third-order valence-corrected chi connectivity index (χ3v) is 2.69. The maximum absolute atomic E-state index is 12.1. The van der Waals surface area contributed by atoms with E-state index in [4.69, 9.17) is 4.42 Å². The number of rotatable bonds is 6. The van der Waals surface area contributed by atoms with Gasteiger partial charge in [0.05, 0.1) is 12.7 Å². The van der Waals surface area contributed by atoms with Crippen LogP contribution in [0.3, 0.4) is 0 Å². The Hall–Kier alpha value is -2.02. The number of nitrogens with one attached hydrogen (secondary N) is 1. The summed E-state index contributed by atoms with van der Waals surface area (Å²) in [5.41, 5.74) is 0.680. The second-order valence-electron chi connectivity index (χ2n) is 4.37. The minimum atomic E-state index is -4.68. The molecule has 4 nitrogen and oxygen atoms in total. The van der Waals surface area contributed by atoms with Crippen LogP contribution in [-0.4, -0.2) is 11.3 Å². The van der Waals surface area contributed by atoms with E-state index in [1.807, 2.05) is 6.92 Å². The second-order valence-corrected chi connectivity index (χ2v) is 4.37. The lowest BCUT2D eigenvalue weighted by atomic mass is 10.2. The molecule has 0 amide bonds. The number of aryl methyl sites for hydroxylation is 1. The number of alkyl halides is 3. The van der Waals surface area contributed by atoms with Crippen molar-refractivity contribution >= 4 is 0 Å². The largest absolute Gasteiger partial charge is 0.573 e. The molecule has 0 unspecified atom stereocenters. The summed E-state index contributed by atoms with van der Waals surface area (Å²) in [4.78, 5) is 4.08. The maximum atomic E-state index is 12.1. The number of aromatic nitrogens is 1. The van der Waals surface area contributed by atoms with Gasteiger partial charge in [-0.15, -0.1) is 13.2 Å². The quantitative estimate of drug-likeness (QED) is 0.888. The van der Waals surface area contributed by atoms with Crippen molar-refractivity contribution in [2.45, 2.75) is 32.8 Å². The van der Waals surface area contributed by atoms with E-state index in [1.54, 1.807) is 12.3 Å². The van der Waals surface area contributed by atoms with Crippen LogP contribution < -0.4 is 10.1 Å². The number of hydrogen-bond acceptors (Lipinski definition) is 4. The zero-order valence-corrected chi connectivity index (χ0v) is 11.4. The maximum Gasteiger partial charge on any atom is 0.573 e. The summed E-state index contributed by atoms with van der Waals surface area (Å²) >= 11 is 0. The average molecular weight is 300 g/mol. The molecule has 1 aromatic heterocycles. The number of hydrogen-bond donors (Lipinski definition) is 1. The highest BCUT2D eigenvalue weighted by Gasteiger charge is 2.31. The molecule has 2 aromatic rings. The van der Waals surface area contributed by atoms with Crippen LogP contribution in [0.15, 0.2) is 34.9 Å². The van der Waals surface area contributed by atoms with Gasteiger partial charge in [-0.25, -0.2) is 4.98 Å². The molecule has 0 fully saturated rings. The molecule has 21 heavy (non-hydrogen) atoms. The Morgan fingerprint density at radius 1 is 1.29 bits per heavy atom. The molecule has 0 aliphatic heterocycles. The van der Waals surface area contributed by atoms with Gasteiger partial charge in [-0.3, -0.25) is 0 Å². The molecule has 0 radical (unpaired) electrons. The number of ether oxygens (including phenoxy) is 1. The molecule has 0 aliphatic rings. The van der Waals surface area contributed by atoms with Crippen molar-refractivity contribution in [1.82, 2.24) is 10.3 Å². The van der Waals surface area contributed by atoms with Gasteiger partial charge in [0.2, 0.25) is 5.89 Å². The average Bonchev–Trinajstić information content (AvgIpc) is 2.85. The van der Waals surface area contributed by atoms with E-state index in [0.717, 1.165) is 12.2 Å². The number of halogens is 3. The van der Waals surface area contributed by atoms with E-state index in [-0.39, 0.29) is 5.75 Å². The molecule has 0 saturated heterocycles. The third-order valence-electron chi connectivity index (χ3n) is 2.69. The molecule has 0 spiro atoms. The first-order chi connectivity index (χ1) is 9.96. The highest BCUT2D eigenvalue weighted by molar-refractivity contribution is 5.28. The van der Waals surface area contributed by atoms with Crippen molar-refractivity contribution in [3.05, 3.63) is 47.7 Å². The molecular formula is C14H15F3N2O2. The van der Waals surface area contributed by atoms with Gasteiger partial charge in [0.15, 0.2) is 0 Å². The zero-order chi connectivity index (χ0) is 15.3. The van der Waals surface area contributed by atoms with Crippen LogP contribution in [-0.2, 0) is 19.5 Å². The summed E-state index contributed by atoms with van der Waals surface area (Å²) in [7, 11) is 0. The van der Waals surface area contributed by atoms with Crippen LogP contribution in [0.25, 0.3) is 0 Å². The predicted molar refractivity (Wildman–Crippen MR) is 69.5 cm³/mol. The van der Waals surface area contributed by atoms with E-state index in [1.165, 1.54) is 18.2 Å². The minimum Gasteiger partial charge on any atom is -0.444 e. The molecular weight excluding hydrogens is 285 g/mol. The molecule has 0 bridgehead atoms. The summed E-state index contributed by atoms with van der Waals surface area (Å²) in [6, 6.07) is 5.83. The lowest BCUT2D eigenvalue weighted by molar-refractivity contribution is -0.274. The van der Waals surface area contributed by atoms with Crippen molar-refractivity contribution in [1.29, 1.82) is 0 Å². The van der Waals surface area contributed by atoms with Gasteiger partial charge in [-0.1, -0.05) is 19.1 Å². The number of benzene rings is 1. The Balaban J connectivity index is 1.87. The van der Waals surface area contributed by atoms with Gasteiger partial charge in [0.25, 0.3) is 0 Å². The molecule has 0 aliphatic carbocycles. The van der Waals surface area contributed by atoms with Gasteiger partial charge < -0.3 is 14.5 Å². The van der Waals surface area contributed by atoms with E-state index >= 15 is 0 Å². The predicted octanol–water partition coefficient (Wildman–Crippen LogP) is 3.43. The Morgan fingerprint density at radius 3 is 2.76 bits per heavy atom. The molecule has 2 rings (SSSR count). The van der Waals surface area contributed by atoms with Crippen LogP contribution >= 0.6 is 0 Å². The van der Waals surface area contributed by atoms with Crippen molar-refractivity contribution in [3.63, 3.8) is 0 Å². The normalized spacial score (nSPS) is 11.6. The van der Waals surface area contributed by atoms with Crippen LogP contribution in [0, 0.1) is 0 Å². The zero-order valence-electron chi connectivity index (χ0n) is 11.4. The molecule has 1 heterocycles. The second kappa shape index (κ2) is 6.62. The summed E-state index contributed by atoms with van der Waals surface area (Å²) < 4.78 is 45.7. The summed E-state index contributed by atoms with van der Waals surface area (Å²) in [5.74, 6) is 1.12. The summed E-state index contributed by atoms with van der Waals surface area (Å²) in [6.07, 6.45) is -2.25. The first-order valence-electron chi connectivity index (χ1n) is 6.45. The smallest absolute Gasteiger partial charge is 0.444 e. The molecule has 0 saturated carbocycles. The first-order valence-corrected chi connectivity index (χ1v) is 6.45. The van der Waals surface area contributed by atoms with Crippen molar-refractivity contribution in [3.8, 4) is 5.75 Å².